The van der Waals surface area contributed by atoms with Crippen molar-refractivity contribution in [3.8, 4) is 0 Å². The summed E-state index contributed by atoms with van der Waals surface area (Å²) in [5, 5.41) is 13.1. The first-order chi connectivity index (χ1) is 12.1. The van der Waals surface area contributed by atoms with Crippen LogP contribution in [0.15, 0.2) is 24.3 Å². The van der Waals surface area contributed by atoms with Gasteiger partial charge in [0, 0.05) is 13.1 Å². The molecule has 1 atom stereocenters. The first-order valence-electron chi connectivity index (χ1n) is 8.10. The molecule has 26 heavy (non-hydrogen) atoms. The number of amides is 2. The van der Waals surface area contributed by atoms with E-state index in [0.29, 0.717) is 0 Å². The summed E-state index contributed by atoms with van der Waals surface area (Å²) in [7, 11) is 1.18. The van der Waals surface area contributed by atoms with Crippen molar-refractivity contribution in [3.63, 3.8) is 0 Å². The van der Waals surface area contributed by atoms with Crippen LogP contribution in [0, 0.1) is 0 Å². The molecule has 0 aromatic heterocycles. The normalized spacial score (nSPS) is 18.2. The molecule has 144 valence electrons. The summed E-state index contributed by atoms with van der Waals surface area (Å²) in [6.45, 7) is 1.84. The fraction of sp³-hybridized carbons (Fsp3) is 0.529. The highest BCUT2D eigenvalue weighted by Gasteiger charge is 2.38. The van der Waals surface area contributed by atoms with E-state index < -0.39 is 29.5 Å². The molecule has 0 saturated carbocycles. The summed E-state index contributed by atoms with van der Waals surface area (Å²) < 4.78 is 43.0. The number of carbonyl (C=O) groups excluding carboxylic acids is 2. The third-order valence-corrected chi connectivity index (χ3v) is 4.52. The van der Waals surface area contributed by atoms with E-state index >= 15 is 0 Å². The Labute approximate surface area is 148 Å². The number of hydrogen-bond acceptors (Lipinski definition) is 4. The predicted octanol–water partition coefficient (Wildman–Crippen LogP) is 2.26. The summed E-state index contributed by atoms with van der Waals surface area (Å²) >= 11 is 0. The molecule has 0 radical (unpaired) electrons. The van der Waals surface area contributed by atoms with E-state index in [0.717, 1.165) is 12.1 Å². The van der Waals surface area contributed by atoms with Gasteiger partial charge in [0.25, 0.3) is 0 Å². The minimum atomic E-state index is -4.49. The Hall–Kier alpha value is -2.29. The van der Waals surface area contributed by atoms with Crippen molar-refractivity contribution in [2.45, 2.75) is 37.6 Å². The molecule has 2 amide bonds. The molecular formula is C17H21F3N2O4. The Bertz CT molecular complexity index is 670. The van der Waals surface area contributed by atoms with Gasteiger partial charge < -0.3 is 20.1 Å². The van der Waals surface area contributed by atoms with Gasteiger partial charge in [0.15, 0.2) is 0 Å². The fourth-order valence-electron chi connectivity index (χ4n) is 2.94. The molecule has 0 aliphatic carbocycles. The van der Waals surface area contributed by atoms with Crippen LogP contribution in [0.4, 0.5) is 18.0 Å². The Kier molecular flexibility index (Phi) is 5.80. The van der Waals surface area contributed by atoms with E-state index in [1.165, 1.54) is 31.1 Å². The van der Waals surface area contributed by atoms with Crippen LogP contribution in [0.25, 0.3) is 0 Å². The maximum atomic E-state index is 12.9. The van der Waals surface area contributed by atoms with Crippen LogP contribution in [0.3, 0.4) is 0 Å². The number of carbonyl (C=O) groups is 2. The molecule has 1 aliphatic rings. The highest BCUT2D eigenvalue weighted by atomic mass is 19.4. The lowest BCUT2D eigenvalue weighted by molar-refractivity contribution is -0.138. The third-order valence-electron chi connectivity index (χ3n) is 4.52. The highest BCUT2D eigenvalue weighted by Crippen LogP contribution is 2.36. The van der Waals surface area contributed by atoms with Crippen molar-refractivity contribution in [2.75, 3.05) is 20.2 Å². The van der Waals surface area contributed by atoms with Crippen LogP contribution in [0.5, 0.6) is 0 Å². The number of aliphatic hydroxyl groups is 1. The number of ether oxygens (including phenoxy) is 1. The quantitative estimate of drug-likeness (QED) is 0.851. The van der Waals surface area contributed by atoms with Gasteiger partial charge in [-0.15, -0.1) is 0 Å². The smallest absolute Gasteiger partial charge is 0.416 e. The molecule has 1 aromatic carbocycles. The molecule has 1 saturated heterocycles. The van der Waals surface area contributed by atoms with Crippen molar-refractivity contribution in [1.29, 1.82) is 0 Å². The van der Waals surface area contributed by atoms with Gasteiger partial charge in [0.2, 0.25) is 5.91 Å². The van der Waals surface area contributed by atoms with Gasteiger partial charge in [-0.3, -0.25) is 4.79 Å². The van der Waals surface area contributed by atoms with Gasteiger partial charge in [0.05, 0.1) is 18.3 Å². The zero-order valence-corrected chi connectivity index (χ0v) is 14.5. The molecule has 1 aromatic rings. The number of piperidine rings is 1. The Morgan fingerprint density at radius 2 is 1.92 bits per heavy atom. The Morgan fingerprint density at radius 3 is 2.46 bits per heavy atom. The lowest BCUT2D eigenvalue weighted by atomic mass is 9.83. The summed E-state index contributed by atoms with van der Waals surface area (Å²) in [4.78, 5) is 24.9. The molecule has 2 N–H and O–H groups in total. The molecule has 0 bridgehead atoms. The van der Waals surface area contributed by atoms with Crippen LogP contribution in [-0.2, 0) is 21.3 Å². The van der Waals surface area contributed by atoms with E-state index in [-0.39, 0.29) is 37.4 Å². The average Bonchev–Trinajstić information content (AvgIpc) is 2.61. The summed E-state index contributed by atoms with van der Waals surface area (Å²) in [6, 6.07) is 3.80. The van der Waals surface area contributed by atoms with Gasteiger partial charge in [-0.25, -0.2) is 4.79 Å². The average molecular weight is 374 g/mol. The molecule has 9 heteroatoms. The van der Waals surface area contributed by atoms with Crippen LogP contribution in [0.1, 0.15) is 30.9 Å². The van der Waals surface area contributed by atoms with Crippen LogP contribution in [0.2, 0.25) is 0 Å². The monoisotopic (exact) mass is 374 g/mol. The Balaban J connectivity index is 2.05. The van der Waals surface area contributed by atoms with E-state index in [1.54, 1.807) is 0 Å². The van der Waals surface area contributed by atoms with Crippen molar-refractivity contribution in [3.05, 3.63) is 35.4 Å². The van der Waals surface area contributed by atoms with E-state index in [9.17, 15) is 27.9 Å². The number of nitrogens with one attached hydrogen (secondary N) is 1. The van der Waals surface area contributed by atoms with E-state index in [4.69, 9.17) is 0 Å². The third kappa shape index (κ3) is 4.46. The second kappa shape index (κ2) is 7.53. The summed E-state index contributed by atoms with van der Waals surface area (Å²) in [5.74, 6) is -0.346. The molecule has 0 spiro atoms. The van der Waals surface area contributed by atoms with E-state index in [2.05, 4.69) is 10.1 Å². The first kappa shape index (κ1) is 20.0. The number of nitrogens with zero attached hydrogens (tertiary/aromatic N) is 1. The largest absolute Gasteiger partial charge is 0.453 e. The number of alkyl carbamates (subject to hydrolysis) is 1. The van der Waals surface area contributed by atoms with Crippen LogP contribution in [-0.4, -0.2) is 48.2 Å². The maximum Gasteiger partial charge on any atom is 0.416 e. The number of methoxy groups -OCH3 is 1. The predicted molar refractivity (Wildman–Crippen MR) is 86.2 cm³/mol. The van der Waals surface area contributed by atoms with Crippen LogP contribution >= 0.6 is 0 Å². The molecule has 1 heterocycles. The summed E-state index contributed by atoms with van der Waals surface area (Å²) in [5.41, 5.74) is -2.07. The first-order valence-corrected chi connectivity index (χ1v) is 8.10. The van der Waals surface area contributed by atoms with Gasteiger partial charge >= 0.3 is 12.3 Å². The van der Waals surface area contributed by atoms with Gasteiger partial charge in [0.1, 0.15) is 6.04 Å². The molecule has 6 nitrogen and oxygen atoms in total. The topological polar surface area (TPSA) is 78.9 Å². The fourth-order valence-corrected chi connectivity index (χ4v) is 2.94. The number of hydrogen-bond donors (Lipinski definition) is 2. The summed E-state index contributed by atoms with van der Waals surface area (Å²) in [6.07, 6.45) is -5.02. The minimum absolute atomic E-state index is 0.102. The number of likely N-dealkylation sites (tertiary alicyclic amines) is 1. The minimum Gasteiger partial charge on any atom is -0.453 e. The number of alkyl halides is 3. The second-order valence-electron chi connectivity index (χ2n) is 6.29. The highest BCUT2D eigenvalue weighted by molar-refractivity contribution is 5.85. The Morgan fingerprint density at radius 1 is 1.31 bits per heavy atom. The molecule has 2 rings (SSSR count). The number of rotatable bonds is 3. The van der Waals surface area contributed by atoms with Crippen LogP contribution < -0.4 is 5.32 Å². The van der Waals surface area contributed by atoms with Crippen molar-refractivity contribution >= 4 is 12.0 Å². The maximum absolute atomic E-state index is 12.9. The van der Waals surface area contributed by atoms with Gasteiger partial charge in [-0.1, -0.05) is 12.1 Å². The zero-order valence-electron chi connectivity index (χ0n) is 14.5. The number of benzene rings is 1. The van der Waals surface area contributed by atoms with Gasteiger partial charge in [-0.2, -0.15) is 13.2 Å². The van der Waals surface area contributed by atoms with Crippen molar-refractivity contribution in [1.82, 2.24) is 10.2 Å². The lowest BCUT2D eigenvalue weighted by Crippen LogP contribution is -2.51. The molecule has 1 aliphatic heterocycles. The number of halogens is 3. The molecule has 1 fully saturated rings. The SMILES string of the molecule is COC(=O)N[C@H](C)C(=O)N1CCC(O)(c2cccc(C(F)(F)F)c2)CC1. The molecule has 0 unspecified atom stereocenters. The molecular weight excluding hydrogens is 353 g/mol. The lowest BCUT2D eigenvalue weighted by Gasteiger charge is -2.39. The van der Waals surface area contributed by atoms with Crippen molar-refractivity contribution < 1.29 is 32.6 Å². The van der Waals surface area contributed by atoms with E-state index in [1.807, 2.05) is 0 Å². The standard InChI is InChI=1S/C17H21F3N2O4/c1-11(21-15(24)26-2)14(23)22-8-6-16(25,7-9-22)12-4-3-5-13(10-12)17(18,19)20/h3-5,10-11,25H,6-9H2,1-2H3,(H,21,24)/t11-/m1/s1. The van der Waals surface area contributed by atoms with Gasteiger partial charge in [-0.05, 0) is 37.5 Å². The second-order valence-corrected chi connectivity index (χ2v) is 6.29. The van der Waals surface area contributed by atoms with Crippen molar-refractivity contribution in [2.24, 2.45) is 0 Å². The zero-order chi connectivity index (χ0) is 19.5.